The van der Waals surface area contributed by atoms with Crippen molar-refractivity contribution in [3.8, 4) is 0 Å². The van der Waals surface area contributed by atoms with Crippen LogP contribution in [0.25, 0.3) is 0 Å². The molecule has 0 atom stereocenters. The second-order valence-electron chi connectivity index (χ2n) is 3.96. The molecule has 0 aromatic heterocycles. The van der Waals surface area contributed by atoms with Gasteiger partial charge in [-0.15, -0.1) is 0 Å². The van der Waals surface area contributed by atoms with Crippen LogP contribution in [0.15, 0.2) is 0 Å². The molecule has 90 valence electrons. The Morgan fingerprint density at radius 3 is 2.33 bits per heavy atom. The predicted octanol–water partition coefficient (Wildman–Crippen LogP) is -0.347. The van der Waals surface area contributed by atoms with Crippen molar-refractivity contribution < 1.29 is 24.6 Å². The van der Waals surface area contributed by atoms with Gasteiger partial charge in [-0.05, 0) is 26.6 Å². The van der Waals surface area contributed by atoms with E-state index in [0.29, 0.717) is 32.6 Å². The van der Waals surface area contributed by atoms with Crippen molar-refractivity contribution in [2.45, 2.75) is 32.2 Å². The Kier molecular flexibility index (Phi) is 8.00. The van der Waals surface area contributed by atoms with Crippen molar-refractivity contribution >= 4 is 7.12 Å². The molecule has 0 fully saturated rings. The van der Waals surface area contributed by atoms with Gasteiger partial charge >= 0.3 is 7.12 Å². The lowest BCUT2D eigenvalue weighted by Crippen LogP contribution is -2.28. The standard InChI is InChI=1S/C9H21BO5/c1-9(2,3-4-10(12)13)15-8-7-14-6-5-11/h11-13H,3-8H2,1-2H3. The minimum Gasteiger partial charge on any atom is -0.427 e. The first-order valence-corrected chi connectivity index (χ1v) is 5.16. The molecule has 0 radical (unpaired) electrons. The number of rotatable bonds is 9. The van der Waals surface area contributed by atoms with Crippen LogP contribution in [-0.2, 0) is 9.47 Å². The molecule has 0 rings (SSSR count). The molecular formula is C9H21BO5. The fourth-order valence-corrected chi connectivity index (χ4v) is 1.09. The maximum Gasteiger partial charge on any atom is 0.451 e. The van der Waals surface area contributed by atoms with Crippen LogP contribution in [0.5, 0.6) is 0 Å². The predicted molar refractivity (Wildman–Crippen MR) is 57.6 cm³/mol. The van der Waals surface area contributed by atoms with Gasteiger partial charge in [0.2, 0.25) is 0 Å². The topological polar surface area (TPSA) is 79.2 Å². The summed E-state index contributed by atoms with van der Waals surface area (Å²) in [4.78, 5) is 0. The lowest BCUT2D eigenvalue weighted by molar-refractivity contribution is -0.0510. The number of ether oxygens (including phenoxy) is 2. The van der Waals surface area contributed by atoms with Crippen molar-refractivity contribution in [3.05, 3.63) is 0 Å². The molecule has 0 aliphatic heterocycles. The SMILES string of the molecule is CC(C)(CCB(O)O)OCCOCCO. The summed E-state index contributed by atoms with van der Waals surface area (Å²) in [6.45, 7) is 4.99. The summed E-state index contributed by atoms with van der Waals surface area (Å²) in [5, 5.41) is 25.9. The maximum atomic E-state index is 8.70. The number of hydrogen-bond acceptors (Lipinski definition) is 5. The van der Waals surface area contributed by atoms with Gasteiger partial charge in [0.15, 0.2) is 0 Å². The zero-order valence-electron chi connectivity index (χ0n) is 9.48. The Balaban J connectivity index is 3.46. The average molecular weight is 220 g/mol. The van der Waals surface area contributed by atoms with E-state index in [2.05, 4.69) is 0 Å². The molecule has 0 heterocycles. The van der Waals surface area contributed by atoms with Gasteiger partial charge in [0, 0.05) is 0 Å². The van der Waals surface area contributed by atoms with E-state index in [-0.39, 0.29) is 12.2 Å². The Labute approximate surface area is 91.2 Å². The monoisotopic (exact) mass is 220 g/mol. The van der Waals surface area contributed by atoms with Crippen molar-refractivity contribution in [2.75, 3.05) is 26.4 Å². The molecule has 0 bridgehead atoms. The molecule has 0 aliphatic carbocycles. The molecule has 0 amide bonds. The molecule has 15 heavy (non-hydrogen) atoms. The highest BCUT2D eigenvalue weighted by atomic mass is 16.5. The summed E-state index contributed by atoms with van der Waals surface area (Å²) in [5.74, 6) is 0. The van der Waals surface area contributed by atoms with Crippen LogP contribution in [0.2, 0.25) is 6.32 Å². The molecule has 6 heteroatoms. The van der Waals surface area contributed by atoms with Crippen molar-refractivity contribution in [1.29, 1.82) is 0 Å². The molecule has 3 N–H and O–H groups in total. The quantitative estimate of drug-likeness (QED) is 0.365. The van der Waals surface area contributed by atoms with Crippen LogP contribution in [0.1, 0.15) is 20.3 Å². The van der Waals surface area contributed by atoms with Crippen LogP contribution in [-0.4, -0.2) is 54.3 Å². The number of aliphatic hydroxyl groups excluding tert-OH is 1. The van der Waals surface area contributed by atoms with Crippen LogP contribution >= 0.6 is 0 Å². The minimum atomic E-state index is -1.28. The highest BCUT2D eigenvalue weighted by Crippen LogP contribution is 2.17. The van der Waals surface area contributed by atoms with E-state index in [1.807, 2.05) is 13.8 Å². The van der Waals surface area contributed by atoms with Gasteiger partial charge in [-0.1, -0.05) is 0 Å². The van der Waals surface area contributed by atoms with E-state index in [1.54, 1.807) is 0 Å². The molecule has 0 spiro atoms. The third-order valence-electron chi connectivity index (χ3n) is 1.96. The Hall–Kier alpha value is -0.135. The maximum absolute atomic E-state index is 8.70. The van der Waals surface area contributed by atoms with Gasteiger partial charge < -0.3 is 24.6 Å². The second kappa shape index (κ2) is 8.07. The van der Waals surface area contributed by atoms with E-state index < -0.39 is 7.12 Å². The Morgan fingerprint density at radius 2 is 1.80 bits per heavy atom. The Bertz CT molecular complexity index is 151. The summed E-state index contributed by atoms with van der Waals surface area (Å²) in [6.07, 6.45) is 0.870. The molecule has 0 aromatic rings. The molecule has 0 aliphatic rings. The Morgan fingerprint density at radius 1 is 1.13 bits per heavy atom. The largest absolute Gasteiger partial charge is 0.451 e. The minimum absolute atomic E-state index is 0.0140. The number of hydrogen-bond donors (Lipinski definition) is 3. The fraction of sp³-hybridized carbons (Fsp3) is 1.00. The molecule has 0 saturated carbocycles. The summed E-state index contributed by atoms with van der Waals surface area (Å²) in [5.41, 5.74) is -0.383. The third-order valence-corrected chi connectivity index (χ3v) is 1.96. The first kappa shape index (κ1) is 14.9. The second-order valence-corrected chi connectivity index (χ2v) is 3.96. The van der Waals surface area contributed by atoms with E-state index in [4.69, 9.17) is 24.6 Å². The molecule has 0 saturated heterocycles. The van der Waals surface area contributed by atoms with Crippen molar-refractivity contribution in [1.82, 2.24) is 0 Å². The van der Waals surface area contributed by atoms with Gasteiger partial charge in [0.25, 0.3) is 0 Å². The molecular weight excluding hydrogens is 199 g/mol. The summed E-state index contributed by atoms with van der Waals surface area (Å²) in [6, 6.07) is 0. The third kappa shape index (κ3) is 10.2. The van der Waals surface area contributed by atoms with Crippen LogP contribution in [0.3, 0.4) is 0 Å². The van der Waals surface area contributed by atoms with Gasteiger partial charge in [0.1, 0.15) is 0 Å². The van der Waals surface area contributed by atoms with Crippen LogP contribution in [0.4, 0.5) is 0 Å². The molecule has 0 unspecified atom stereocenters. The van der Waals surface area contributed by atoms with Crippen LogP contribution < -0.4 is 0 Å². The zero-order valence-corrected chi connectivity index (χ0v) is 9.48. The lowest BCUT2D eigenvalue weighted by Gasteiger charge is -2.25. The van der Waals surface area contributed by atoms with E-state index in [0.717, 1.165) is 0 Å². The van der Waals surface area contributed by atoms with Crippen molar-refractivity contribution in [2.24, 2.45) is 0 Å². The normalized spacial score (nSPS) is 11.8. The highest BCUT2D eigenvalue weighted by Gasteiger charge is 2.21. The van der Waals surface area contributed by atoms with E-state index >= 15 is 0 Å². The summed E-state index contributed by atoms with van der Waals surface area (Å²) in [7, 11) is -1.28. The number of aliphatic hydroxyl groups is 1. The van der Waals surface area contributed by atoms with E-state index in [9.17, 15) is 0 Å². The summed E-state index contributed by atoms with van der Waals surface area (Å²) < 4.78 is 10.5. The van der Waals surface area contributed by atoms with Crippen LogP contribution in [0, 0.1) is 0 Å². The average Bonchev–Trinajstić information content (AvgIpc) is 2.15. The van der Waals surface area contributed by atoms with Crippen molar-refractivity contribution in [3.63, 3.8) is 0 Å². The summed E-state index contributed by atoms with van der Waals surface area (Å²) >= 11 is 0. The van der Waals surface area contributed by atoms with Gasteiger partial charge in [-0.25, -0.2) is 0 Å². The zero-order chi connectivity index (χ0) is 11.7. The van der Waals surface area contributed by atoms with Gasteiger partial charge in [0.05, 0.1) is 32.0 Å². The van der Waals surface area contributed by atoms with Gasteiger partial charge in [-0.3, -0.25) is 0 Å². The van der Waals surface area contributed by atoms with Gasteiger partial charge in [-0.2, -0.15) is 0 Å². The highest BCUT2D eigenvalue weighted by molar-refractivity contribution is 6.40. The lowest BCUT2D eigenvalue weighted by atomic mass is 9.80. The molecule has 0 aromatic carbocycles. The molecule has 5 nitrogen and oxygen atoms in total. The first-order valence-electron chi connectivity index (χ1n) is 5.16. The van der Waals surface area contributed by atoms with E-state index in [1.165, 1.54) is 0 Å². The smallest absolute Gasteiger partial charge is 0.427 e. The first-order chi connectivity index (χ1) is 6.98. The fourth-order valence-electron chi connectivity index (χ4n) is 1.09.